The summed E-state index contributed by atoms with van der Waals surface area (Å²) in [6.07, 6.45) is 0. The SMILES string of the molecule is CCN1CCN(C2=C(c3ccc(OC)c(OC)c3)C(=O)N(c3cc(C)cc(C)c3)C2=O)CC1. The molecule has 0 saturated carbocycles. The lowest BCUT2D eigenvalue weighted by atomic mass is 10.0. The van der Waals surface area contributed by atoms with Gasteiger partial charge in [0, 0.05) is 26.2 Å². The van der Waals surface area contributed by atoms with Gasteiger partial charge in [0.25, 0.3) is 11.8 Å². The lowest BCUT2D eigenvalue weighted by Gasteiger charge is -2.36. The number of piperazine rings is 1. The molecule has 2 heterocycles. The van der Waals surface area contributed by atoms with Crippen LogP contribution < -0.4 is 14.4 Å². The molecule has 2 aromatic carbocycles. The van der Waals surface area contributed by atoms with Crippen LogP contribution in [-0.2, 0) is 9.59 Å². The Kier molecular flexibility index (Phi) is 6.42. The fourth-order valence-corrected chi connectivity index (χ4v) is 4.67. The molecule has 7 heteroatoms. The first kappa shape index (κ1) is 22.9. The van der Waals surface area contributed by atoms with Crippen LogP contribution in [0.1, 0.15) is 23.6 Å². The van der Waals surface area contributed by atoms with Gasteiger partial charge in [0.2, 0.25) is 0 Å². The first-order chi connectivity index (χ1) is 15.9. The highest BCUT2D eigenvalue weighted by Gasteiger charge is 2.43. The van der Waals surface area contributed by atoms with Gasteiger partial charge in [0.15, 0.2) is 11.5 Å². The quantitative estimate of drug-likeness (QED) is 0.631. The third kappa shape index (κ3) is 4.20. The summed E-state index contributed by atoms with van der Waals surface area (Å²) >= 11 is 0. The average molecular weight is 450 g/mol. The molecule has 0 radical (unpaired) electrons. The fourth-order valence-electron chi connectivity index (χ4n) is 4.67. The van der Waals surface area contributed by atoms with Crippen molar-refractivity contribution in [2.45, 2.75) is 20.8 Å². The molecule has 0 spiro atoms. The zero-order chi connectivity index (χ0) is 23.7. The van der Waals surface area contributed by atoms with E-state index < -0.39 is 0 Å². The maximum atomic E-state index is 13.8. The van der Waals surface area contributed by atoms with Gasteiger partial charge in [-0.2, -0.15) is 0 Å². The highest BCUT2D eigenvalue weighted by molar-refractivity contribution is 6.45. The Morgan fingerprint density at radius 3 is 2.03 bits per heavy atom. The number of ether oxygens (including phenoxy) is 2. The number of amides is 2. The molecule has 7 nitrogen and oxygen atoms in total. The third-order valence-electron chi connectivity index (χ3n) is 6.33. The first-order valence-electron chi connectivity index (χ1n) is 11.3. The molecule has 0 N–H and O–H groups in total. The molecule has 2 amide bonds. The van der Waals surface area contributed by atoms with Crippen molar-refractivity contribution in [3.8, 4) is 11.5 Å². The van der Waals surface area contributed by atoms with Gasteiger partial charge >= 0.3 is 0 Å². The number of aryl methyl sites for hydroxylation is 2. The Morgan fingerprint density at radius 2 is 1.45 bits per heavy atom. The van der Waals surface area contributed by atoms with E-state index in [1.165, 1.54) is 4.90 Å². The summed E-state index contributed by atoms with van der Waals surface area (Å²) in [5.74, 6) is 0.496. The summed E-state index contributed by atoms with van der Waals surface area (Å²) in [5.41, 5.74) is 4.12. The van der Waals surface area contributed by atoms with E-state index >= 15 is 0 Å². The number of hydrogen-bond acceptors (Lipinski definition) is 6. The lowest BCUT2D eigenvalue weighted by molar-refractivity contribution is -0.120. The molecule has 0 unspecified atom stereocenters. The van der Waals surface area contributed by atoms with Crippen molar-refractivity contribution in [1.29, 1.82) is 0 Å². The number of likely N-dealkylation sites (N-methyl/N-ethyl adjacent to an activating group) is 1. The topological polar surface area (TPSA) is 62.3 Å². The summed E-state index contributed by atoms with van der Waals surface area (Å²) in [6, 6.07) is 11.1. The summed E-state index contributed by atoms with van der Waals surface area (Å²) in [7, 11) is 3.13. The molecule has 1 fully saturated rings. The second kappa shape index (κ2) is 9.27. The minimum Gasteiger partial charge on any atom is -0.493 e. The Labute approximate surface area is 195 Å². The van der Waals surface area contributed by atoms with E-state index in [-0.39, 0.29) is 11.8 Å². The van der Waals surface area contributed by atoms with E-state index in [1.807, 2.05) is 38.1 Å². The molecule has 174 valence electrons. The van der Waals surface area contributed by atoms with Crippen LogP contribution in [0.25, 0.3) is 5.57 Å². The van der Waals surface area contributed by atoms with E-state index in [0.717, 1.165) is 30.8 Å². The second-order valence-corrected chi connectivity index (χ2v) is 8.51. The minimum absolute atomic E-state index is 0.278. The minimum atomic E-state index is -0.315. The lowest BCUT2D eigenvalue weighted by Crippen LogP contribution is -2.47. The third-order valence-corrected chi connectivity index (χ3v) is 6.33. The number of imide groups is 1. The Hall–Kier alpha value is -3.32. The molecule has 0 aromatic heterocycles. The molecule has 2 aromatic rings. The second-order valence-electron chi connectivity index (χ2n) is 8.51. The number of anilines is 1. The number of nitrogens with zero attached hydrogens (tertiary/aromatic N) is 3. The van der Waals surface area contributed by atoms with Crippen molar-refractivity contribution in [2.75, 3.05) is 51.8 Å². The summed E-state index contributed by atoms with van der Waals surface area (Å²) in [4.78, 5) is 33.3. The Morgan fingerprint density at radius 1 is 0.818 bits per heavy atom. The Bertz CT molecular complexity index is 1100. The first-order valence-corrected chi connectivity index (χ1v) is 11.3. The van der Waals surface area contributed by atoms with Crippen LogP contribution in [0.5, 0.6) is 11.5 Å². The van der Waals surface area contributed by atoms with Crippen molar-refractivity contribution in [3.05, 3.63) is 58.8 Å². The van der Waals surface area contributed by atoms with Crippen LogP contribution in [-0.4, -0.2) is 68.6 Å². The molecule has 0 atom stereocenters. The predicted molar refractivity (Wildman–Crippen MR) is 129 cm³/mol. The van der Waals surface area contributed by atoms with Crippen molar-refractivity contribution in [1.82, 2.24) is 9.80 Å². The zero-order valence-electron chi connectivity index (χ0n) is 20.0. The van der Waals surface area contributed by atoms with E-state index in [9.17, 15) is 9.59 Å². The van der Waals surface area contributed by atoms with Crippen molar-refractivity contribution in [2.24, 2.45) is 0 Å². The number of benzene rings is 2. The van der Waals surface area contributed by atoms with E-state index in [0.29, 0.717) is 47.1 Å². The molecule has 4 rings (SSSR count). The number of carbonyl (C=O) groups excluding carboxylic acids is 2. The summed E-state index contributed by atoms with van der Waals surface area (Å²) in [6.45, 7) is 10.1. The van der Waals surface area contributed by atoms with Gasteiger partial charge in [-0.25, -0.2) is 4.90 Å². The maximum absolute atomic E-state index is 13.8. The van der Waals surface area contributed by atoms with Gasteiger partial charge in [-0.1, -0.05) is 19.1 Å². The van der Waals surface area contributed by atoms with Gasteiger partial charge in [0.1, 0.15) is 5.70 Å². The smallest absolute Gasteiger partial charge is 0.282 e. The number of rotatable bonds is 6. The zero-order valence-corrected chi connectivity index (χ0v) is 20.0. The van der Waals surface area contributed by atoms with Gasteiger partial charge in [-0.05, 0) is 61.3 Å². The molecular weight excluding hydrogens is 418 g/mol. The normalized spacial score (nSPS) is 17.2. The molecule has 33 heavy (non-hydrogen) atoms. The summed E-state index contributed by atoms with van der Waals surface area (Å²) in [5, 5.41) is 0. The maximum Gasteiger partial charge on any atom is 0.282 e. The largest absolute Gasteiger partial charge is 0.493 e. The summed E-state index contributed by atoms with van der Waals surface area (Å²) < 4.78 is 10.8. The van der Waals surface area contributed by atoms with Crippen LogP contribution in [0.2, 0.25) is 0 Å². The standard InChI is InChI=1S/C26H31N3O4/c1-6-27-9-11-28(12-10-27)24-23(19-7-8-21(32-4)22(16-19)33-5)25(30)29(26(24)31)20-14-17(2)13-18(3)15-20/h7-8,13-16H,6,9-12H2,1-5H3. The molecular formula is C26H31N3O4. The van der Waals surface area contributed by atoms with Gasteiger partial charge in [-0.3, -0.25) is 9.59 Å². The molecule has 2 aliphatic heterocycles. The number of methoxy groups -OCH3 is 2. The van der Waals surface area contributed by atoms with Crippen LogP contribution in [0.15, 0.2) is 42.1 Å². The highest BCUT2D eigenvalue weighted by atomic mass is 16.5. The van der Waals surface area contributed by atoms with Crippen molar-refractivity contribution in [3.63, 3.8) is 0 Å². The van der Waals surface area contributed by atoms with Gasteiger partial charge in [0.05, 0.1) is 25.5 Å². The van der Waals surface area contributed by atoms with Gasteiger partial charge in [-0.15, -0.1) is 0 Å². The molecule has 2 aliphatic rings. The van der Waals surface area contributed by atoms with Crippen LogP contribution >= 0.6 is 0 Å². The monoisotopic (exact) mass is 449 g/mol. The van der Waals surface area contributed by atoms with E-state index in [1.54, 1.807) is 26.4 Å². The van der Waals surface area contributed by atoms with E-state index in [2.05, 4.69) is 16.7 Å². The average Bonchev–Trinajstić information content (AvgIpc) is 3.07. The van der Waals surface area contributed by atoms with Crippen LogP contribution in [0.4, 0.5) is 5.69 Å². The van der Waals surface area contributed by atoms with E-state index in [4.69, 9.17) is 9.47 Å². The predicted octanol–water partition coefficient (Wildman–Crippen LogP) is 3.24. The molecule has 1 saturated heterocycles. The Balaban J connectivity index is 1.83. The highest BCUT2D eigenvalue weighted by Crippen LogP contribution is 2.38. The van der Waals surface area contributed by atoms with Crippen molar-refractivity contribution < 1.29 is 19.1 Å². The number of hydrogen-bond donors (Lipinski definition) is 0. The van der Waals surface area contributed by atoms with Gasteiger partial charge < -0.3 is 19.3 Å². The van der Waals surface area contributed by atoms with Crippen molar-refractivity contribution >= 4 is 23.1 Å². The van der Waals surface area contributed by atoms with Crippen LogP contribution in [0.3, 0.4) is 0 Å². The van der Waals surface area contributed by atoms with Crippen LogP contribution in [0, 0.1) is 13.8 Å². The fraction of sp³-hybridized carbons (Fsp3) is 0.385. The molecule has 0 aliphatic carbocycles. The molecule has 0 bridgehead atoms. The number of carbonyl (C=O) groups is 2.